The van der Waals surface area contributed by atoms with Gasteiger partial charge in [0.05, 0.1) is 29.7 Å². The number of carbonyl (C=O) groups excluding carboxylic acids is 2. The van der Waals surface area contributed by atoms with Crippen molar-refractivity contribution in [1.29, 1.82) is 0 Å². The molecule has 457 valence electrons. The maximum Gasteiger partial charge on any atom is 0.569 e. The van der Waals surface area contributed by atoms with Crippen molar-refractivity contribution in [3.63, 3.8) is 0 Å². The summed E-state index contributed by atoms with van der Waals surface area (Å²) in [4.78, 5) is 26.2. The summed E-state index contributed by atoms with van der Waals surface area (Å²) < 4.78 is 47.7. The first-order valence-electron chi connectivity index (χ1n) is 29.2. The molecule has 0 saturated heterocycles. The Bertz CT molecular complexity index is 4470. The largest absolute Gasteiger partial charge is 0.569 e. The van der Waals surface area contributed by atoms with Crippen LogP contribution in [-0.2, 0) is 25.6 Å². The van der Waals surface area contributed by atoms with Crippen molar-refractivity contribution in [2.45, 2.75) is 82.8 Å². The summed E-state index contributed by atoms with van der Waals surface area (Å²) in [6, 6.07) is 43.3. The molecule has 1 radical (unpaired) electrons. The van der Waals surface area contributed by atoms with Crippen LogP contribution in [0.15, 0.2) is 144 Å². The standard InChI is InChI=1S/C34H35NO4.C24H22BrNO2.C16H18BO5/c1-19-9-10-26(14-20(19)2)30-31(28-16-23(5)24(6)17-29(28)39-18-37-7)33(34(36)38-8)35-12-11-25-13-21(3)22(4)15-27(25)32(30)35;1-13-6-7-18(11-14(13)2)20-21(25)23(24(27)28-5)26-9-8-17-10-15(3)16(4)12-19(17)22(20)26;1-12-8-16(22-17-18)15(21-11-19-2)9-14(12)20-10-13-6-4-3-5-7-13/h9-17H,18H2,1-8H3;6-12H,1-5H3;3-9,18H,10-11H2,1-2H3. The average Bonchev–Trinajstić information content (AvgIpc) is 1.67. The third-order valence-corrected chi connectivity index (χ3v) is 17.3. The van der Waals surface area contributed by atoms with E-state index in [2.05, 4.69) is 164 Å². The number of methoxy groups -OCH3 is 4. The van der Waals surface area contributed by atoms with E-state index in [0.717, 1.165) is 92.7 Å². The number of aromatic nitrogens is 2. The molecule has 4 heterocycles. The summed E-state index contributed by atoms with van der Waals surface area (Å²) >= 11 is 3.71. The number of pyridine rings is 2. The van der Waals surface area contributed by atoms with E-state index in [1.165, 1.54) is 65.8 Å². The van der Waals surface area contributed by atoms with Gasteiger partial charge in [0.2, 0.25) is 0 Å². The molecule has 0 aliphatic heterocycles. The molecule has 0 amide bonds. The summed E-state index contributed by atoms with van der Waals surface area (Å²) in [6.07, 6.45) is 3.93. The maximum absolute atomic E-state index is 13.6. The molecule has 11 rings (SSSR count). The van der Waals surface area contributed by atoms with E-state index >= 15 is 0 Å². The van der Waals surface area contributed by atoms with Gasteiger partial charge in [-0.15, -0.1) is 0 Å². The number of hydrogen-bond donors (Lipinski definition) is 1. The van der Waals surface area contributed by atoms with Crippen LogP contribution in [0.2, 0.25) is 0 Å². The quantitative estimate of drug-likeness (QED) is 0.0562. The molecule has 89 heavy (non-hydrogen) atoms. The molecule has 11 aromatic rings. The predicted molar refractivity (Wildman–Crippen MR) is 359 cm³/mol. The summed E-state index contributed by atoms with van der Waals surface area (Å²) in [5.41, 5.74) is 22.5. The Kier molecular flexibility index (Phi) is 20.4. The molecule has 0 fully saturated rings. The van der Waals surface area contributed by atoms with Gasteiger partial charge in [0.15, 0.2) is 19.3 Å². The second-order valence-electron chi connectivity index (χ2n) is 22.4. The second-order valence-corrected chi connectivity index (χ2v) is 23.2. The van der Waals surface area contributed by atoms with Gasteiger partial charge in [-0.3, -0.25) is 0 Å². The number of aryl methyl sites for hydroxylation is 11. The van der Waals surface area contributed by atoms with Gasteiger partial charge in [-0.25, -0.2) is 9.59 Å². The predicted octanol–water partition coefficient (Wildman–Crippen LogP) is 17.1. The van der Waals surface area contributed by atoms with E-state index < -0.39 is 5.97 Å². The van der Waals surface area contributed by atoms with Gasteiger partial charge in [-0.1, -0.05) is 78.9 Å². The number of nitrogens with zero attached hydrogens (tertiary/aromatic N) is 2. The van der Waals surface area contributed by atoms with Gasteiger partial charge in [0.1, 0.15) is 35.2 Å². The first-order chi connectivity index (χ1) is 42.7. The van der Waals surface area contributed by atoms with Crippen LogP contribution in [-0.4, -0.2) is 75.5 Å². The van der Waals surface area contributed by atoms with Crippen molar-refractivity contribution in [3.05, 3.63) is 222 Å². The average molecular weight is 1260 g/mol. The molecular formula is C74H75BBrN2O11. The number of benzene rings is 7. The highest BCUT2D eigenvalue weighted by molar-refractivity contribution is 9.10. The van der Waals surface area contributed by atoms with Crippen LogP contribution in [0.4, 0.5) is 0 Å². The Hall–Kier alpha value is -8.86. The highest BCUT2D eigenvalue weighted by atomic mass is 79.9. The number of ether oxygens (including phenoxy) is 7. The summed E-state index contributed by atoms with van der Waals surface area (Å²) in [6.45, 7) is 23.6. The lowest BCUT2D eigenvalue weighted by molar-refractivity contribution is 0.0495. The van der Waals surface area contributed by atoms with E-state index in [1.807, 2.05) is 64.5 Å². The maximum atomic E-state index is 13.6. The van der Waals surface area contributed by atoms with Crippen molar-refractivity contribution in [2.24, 2.45) is 0 Å². The second kappa shape index (κ2) is 28.1. The van der Waals surface area contributed by atoms with E-state index in [1.54, 1.807) is 19.2 Å². The fourth-order valence-corrected chi connectivity index (χ4v) is 11.7. The van der Waals surface area contributed by atoms with Gasteiger partial charge in [-0.05, 0) is 223 Å². The molecule has 13 nitrogen and oxygen atoms in total. The molecule has 0 bridgehead atoms. The fourth-order valence-electron chi connectivity index (χ4n) is 11.0. The van der Waals surface area contributed by atoms with Crippen LogP contribution in [0.3, 0.4) is 0 Å². The first-order valence-corrected chi connectivity index (χ1v) is 29.9. The molecule has 7 aromatic carbocycles. The highest BCUT2D eigenvalue weighted by Gasteiger charge is 2.31. The number of halogens is 1. The van der Waals surface area contributed by atoms with Crippen LogP contribution in [0.5, 0.6) is 23.0 Å². The van der Waals surface area contributed by atoms with Crippen molar-refractivity contribution < 1.29 is 52.4 Å². The molecular weight excluding hydrogens is 1180 g/mol. The molecule has 0 aliphatic rings. The zero-order valence-corrected chi connectivity index (χ0v) is 54.9. The van der Waals surface area contributed by atoms with Crippen molar-refractivity contribution in [2.75, 3.05) is 42.0 Å². The van der Waals surface area contributed by atoms with Crippen molar-refractivity contribution >= 4 is 68.1 Å². The van der Waals surface area contributed by atoms with Gasteiger partial charge in [-0.2, -0.15) is 0 Å². The van der Waals surface area contributed by atoms with Crippen LogP contribution in [0.1, 0.15) is 87.7 Å². The van der Waals surface area contributed by atoms with Crippen LogP contribution < -0.4 is 18.9 Å². The lowest BCUT2D eigenvalue weighted by Gasteiger charge is -2.16. The third-order valence-electron chi connectivity index (χ3n) is 16.5. The summed E-state index contributed by atoms with van der Waals surface area (Å²) in [5.74, 6) is 1.39. The molecule has 0 unspecified atom stereocenters. The topological polar surface area (TPSA) is 137 Å². The number of hydrogen-bond acceptors (Lipinski definition) is 11. The Labute approximate surface area is 530 Å². The third kappa shape index (κ3) is 13.4. The SMILES string of the molecule is COC(=O)c1c(Br)c(-c2ccc(C)c(C)c2)c2c3cc(C)c(C)cc3ccn12.COCOc1cc(C)c(C)cc1-c1c(-c2ccc(C)c(C)c2)c2c3cc(C)c(C)cc3ccn2c1C(=O)OC.COCOc1cc(OCc2ccccc2)c(C)cc1O[B]O. The van der Waals surface area contributed by atoms with Crippen LogP contribution in [0.25, 0.3) is 66.0 Å². The lowest BCUT2D eigenvalue weighted by atomic mass is 9.90. The zero-order valence-electron chi connectivity index (χ0n) is 53.3. The van der Waals surface area contributed by atoms with Gasteiger partial charge >= 0.3 is 19.6 Å². The molecule has 15 heteroatoms. The molecule has 0 aliphatic carbocycles. The Morgan fingerprint density at radius 1 is 0.449 bits per heavy atom. The minimum atomic E-state index is -0.408. The Morgan fingerprint density at radius 3 is 1.46 bits per heavy atom. The molecule has 1 N–H and O–H groups in total. The van der Waals surface area contributed by atoms with Crippen molar-refractivity contribution in [1.82, 2.24) is 8.80 Å². The molecule has 4 aromatic heterocycles. The fraction of sp³-hybridized carbons (Fsp3) is 0.243. The van der Waals surface area contributed by atoms with Gasteiger partial charge < -0.3 is 51.6 Å². The first kappa shape index (κ1) is 64.6. The van der Waals surface area contributed by atoms with Crippen LogP contribution in [0, 0.1) is 76.2 Å². The molecule has 0 spiro atoms. The minimum absolute atomic E-state index is 0.0724. The number of fused-ring (bicyclic) bond motifs is 6. The molecule has 0 atom stereocenters. The zero-order chi connectivity index (χ0) is 64.0. The van der Waals surface area contributed by atoms with E-state index in [-0.39, 0.29) is 19.6 Å². The van der Waals surface area contributed by atoms with E-state index in [0.29, 0.717) is 48.7 Å². The molecule has 0 saturated carbocycles. The van der Waals surface area contributed by atoms with Crippen molar-refractivity contribution in [3.8, 4) is 56.4 Å². The van der Waals surface area contributed by atoms with E-state index in [9.17, 15) is 9.59 Å². The van der Waals surface area contributed by atoms with Gasteiger partial charge in [0.25, 0.3) is 0 Å². The van der Waals surface area contributed by atoms with E-state index in [4.69, 9.17) is 42.8 Å². The Morgan fingerprint density at radius 2 is 0.921 bits per heavy atom. The van der Waals surface area contributed by atoms with Gasteiger partial charge in [0, 0.05) is 65.7 Å². The summed E-state index contributed by atoms with van der Waals surface area (Å²) in [7, 11) is 6.58. The highest BCUT2D eigenvalue weighted by Crippen LogP contribution is 2.48. The monoisotopic (exact) mass is 1260 g/mol. The smallest absolute Gasteiger partial charge is 0.535 e. The lowest BCUT2D eigenvalue weighted by Crippen LogP contribution is -2.08. The van der Waals surface area contributed by atoms with Crippen LogP contribution >= 0.6 is 15.9 Å². The number of carbonyl (C=O) groups is 2. The normalized spacial score (nSPS) is 11.1. The minimum Gasteiger partial charge on any atom is -0.535 e. The number of rotatable bonds is 16. The Balaban J connectivity index is 0.000000166. The number of esters is 2. The summed E-state index contributed by atoms with van der Waals surface area (Å²) in [5, 5.41) is 13.3.